The van der Waals surface area contributed by atoms with Crippen LogP contribution < -0.4 is 10.6 Å². The van der Waals surface area contributed by atoms with Crippen LogP contribution in [0.3, 0.4) is 0 Å². The molecule has 0 saturated carbocycles. The zero-order valence-corrected chi connectivity index (χ0v) is 9.39. The second kappa shape index (κ2) is 4.75. The van der Waals surface area contributed by atoms with Crippen LogP contribution >= 0.6 is 0 Å². The van der Waals surface area contributed by atoms with E-state index in [0.717, 1.165) is 25.9 Å². The Kier molecular flexibility index (Phi) is 3.89. The number of hydrogen-bond donors (Lipinski definition) is 2. The summed E-state index contributed by atoms with van der Waals surface area (Å²) in [7, 11) is 3.97. The molecule has 1 aliphatic rings. The maximum Gasteiger partial charge on any atom is 0.240 e. The van der Waals surface area contributed by atoms with Crippen LogP contribution in [-0.4, -0.2) is 50.1 Å². The van der Waals surface area contributed by atoms with Crippen LogP contribution in [0.15, 0.2) is 0 Å². The standard InChI is InChI=1S/C10H21N3O/c1-4-12-9(14)10(11-2)5-7-13(3)8-6-10/h11H,4-8H2,1-3H3,(H,12,14). The highest BCUT2D eigenvalue weighted by Crippen LogP contribution is 2.21. The quantitative estimate of drug-likeness (QED) is 0.662. The molecule has 4 nitrogen and oxygen atoms in total. The van der Waals surface area contributed by atoms with Gasteiger partial charge in [0.05, 0.1) is 0 Å². The molecule has 1 fully saturated rings. The molecule has 0 radical (unpaired) electrons. The molecule has 0 atom stereocenters. The maximum atomic E-state index is 11.9. The molecule has 1 heterocycles. The molecule has 1 amide bonds. The lowest BCUT2D eigenvalue weighted by Crippen LogP contribution is -2.60. The van der Waals surface area contributed by atoms with Crippen molar-refractivity contribution >= 4 is 5.91 Å². The van der Waals surface area contributed by atoms with E-state index in [1.54, 1.807) is 0 Å². The fourth-order valence-corrected chi connectivity index (χ4v) is 1.92. The van der Waals surface area contributed by atoms with E-state index in [2.05, 4.69) is 22.6 Å². The Labute approximate surface area is 86.0 Å². The van der Waals surface area contributed by atoms with E-state index in [4.69, 9.17) is 0 Å². The molecule has 14 heavy (non-hydrogen) atoms. The maximum absolute atomic E-state index is 11.9. The Morgan fingerprint density at radius 2 is 2.00 bits per heavy atom. The van der Waals surface area contributed by atoms with Crippen molar-refractivity contribution < 1.29 is 4.79 Å². The average molecular weight is 199 g/mol. The number of piperidine rings is 1. The fraction of sp³-hybridized carbons (Fsp3) is 0.900. The van der Waals surface area contributed by atoms with Crippen molar-refractivity contribution in [3.63, 3.8) is 0 Å². The Bertz CT molecular complexity index is 198. The highest BCUT2D eigenvalue weighted by molar-refractivity contribution is 5.86. The first-order chi connectivity index (χ1) is 6.64. The molecule has 82 valence electrons. The van der Waals surface area contributed by atoms with Crippen molar-refractivity contribution in [2.45, 2.75) is 25.3 Å². The van der Waals surface area contributed by atoms with Gasteiger partial charge in [0.2, 0.25) is 5.91 Å². The number of hydrogen-bond acceptors (Lipinski definition) is 3. The number of amides is 1. The van der Waals surface area contributed by atoms with Crippen LogP contribution in [0.25, 0.3) is 0 Å². The summed E-state index contributed by atoms with van der Waals surface area (Å²) in [6, 6.07) is 0. The molecule has 0 bridgehead atoms. The van der Waals surface area contributed by atoms with Crippen LogP contribution in [0.1, 0.15) is 19.8 Å². The first kappa shape index (κ1) is 11.5. The van der Waals surface area contributed by atoms with Crippen LogP contribution in [0, 0.1) is 0 Å². The van der Waals surface area contributed by atoms with Crippen molar-refractivity contribution in [2.24, 2.45) is 0 Å². The third-order valence-electron chi connectivity index (χ3n) is 3.09. The van der Waals surface area contributed by atoms with Gasteiger partial charge in [0.15, 0.2) is 0 Å². The topological polar surface area (TPSA) is 44.4 Å². The molecular weight excluding hydrogens is 178 g/mol. The van der Waals surface area contributed by atoms with Gasteiger partial charge in [-0.05, 0) is 33.9 Å². The first-order valence-corrected chi connectivity index (χ1v) is 5.30. The zero-order chi connectivity index (χ0) is 10.6. The van der Waals surface area contributed by atoms with Crippen molar-refractivity contribution in [2.75, 3.05) is 33.7 Å². The van der Waals surface area contributed by atoms with Crippen LogP contribution in [-0.2, 0) is 4.79 Å². The van der Waals surface area contributed by atoms with E-state index in [9.17, 15) is 4.79 Å². The van der Waals surface area contributed by atoms with Crippen molar-refractivity contribution in [1.82, 2.24) is 15.5 Å². The summed E-state index contributed by atoms with van der Waals surface area (Å²) >= 11 is 0. The second-order valence-corrected chi connectivity index (χ2v) is 3.99. The Morgan fingerprint density at radius 3 is 2.43 bits per heavy atom. The molecule has 0 aromatic carbocycles. The van der Waals surface area contributed by atoms with Gasteiger partial charge in [-0.1, -0.05) is 0 Å². The molecule has 0 aromatic heterocycles. The minimum absolute atomic E-state index is 0.149. The minimum atomic E-state index is -0.331. The van der Waals surface area contributed by atoms with Crippen LogP contribution in [0.4, 0.5) is 0 Å². The molecular formula is C10H21N3O. The zero-order valence-electron chi connectivity index (χ0n) is 9.39. The van der Waals surface area contributed by atoms with E-state index in [1.165, 1.54) is 0 Å². The molecule has 1 aliphatic heterocycles. The predicted molar refractivity (Wildman–Crippen MR) is 57.2 cm³/mol. The third-order valence-corrected chi connectivity index (χ3v) is 3.09. The summed E-state index contributed by atoms with van der Waals surface area (Å²) in [5.41, 5.74) is -0.331. The SMILES string of the molecule is CCNC(=O)C1(NC)CCN(C)CC1. The average Bonchev–Trinajstić information content (AvgIpc) is 2.20. The second-order valence-electron chi connectivity index (χ2n) is 3.99. The predicted octanol–water partition coefficient (Wildman–Crippen LogP) is -0.194. The van der Waals surface area contributed by atoms with E-state index >= 15 is 0 Å². The molecule has 0 unspecified atom stereocenters. The normalized spacial score (nSPS) is 21.9. The van der Waals surface area contributed by atoms with E-state index in [0.29, 0.717) is 6.54 Å². The molecule has 4 heteroatoms. The van der Waals surface area contributed by atoms with Gasteiger partial charge in [-0.15, -0.1) is 0 Å². The number of nitrogens with zero attached hydrogens (tertiary/aromatic N) is 1. The highest BCUT2D eigenvalue weighted by Gasteiger charge is 2.38. The summed E-state index contributed by atoms with van der Waals surface area (Å²) in [6.45, 7) is 4.63. The Hall–Kier alpha value is -0.610. The van der Waals surface area contributed by atoms with Gasteiger partial charge >= 0.3 is 0 Å². The van der Waals surface area contributed by atoms with Gasteiger partial charge in [0, 0.05) is 19.6 Å². The largest absolute Gasteiger partial charge is 0.355 e. The summed E-state index contributed by atoms with van der Waals surface area (Å²) < 4.78 is 0. The van der Waals surface area contributed by atoms with Gasteiger partial charge in [-0.2, -0.15) is 0 Å². The number of likely N-dealkylation sites (tertiary alicyclic amines) is 1. The van der Waals surface area contributed by atoms with E-state index in [1.807, 2.05) is 14.0 Å². The summed E-state index contributed by atoms with van der Waals surface area (Å²) in [5, 5.41) is 6.09. The Balaban J connectivity index is 2.62. The van der Waals surface area contributed by atoms with Gasteiger partial charge in [0.1, 0.15) is 5.54 Å². The lowest BCUT2D eigenvalue weighted by Gasteiger charge is -2.39. The number of likely N-dealkylation sites (N-methyl/N-ethyl adjacent to an activating group) is 2. The Morgan fingerprint density at radius 1 is 1.43 bits per heavy atom. The summed E-state index contributed by atoms with van der Waals surface area (Å²) in [4.78, 5) is 14.1. The van der Waals surface area contributed by atoms with Gasteiger partial charge < -0.3 is 15.5 Å². The smallest absolute Gasteiger partial charge is 0.240 e. The lowest BCUT2D eigenvalue weighted by atomic mass is 9.87. The number of rotatable bonds is 3. The van der Waals surface area contributed by atoms with Gasteiger partial charge in [-0.25, -0.2) is 0 Å². The van der Waals surface area contributed by atoms with Crippen molar-refractivity contribution in [3.05, 3.63) is 0 Å². The van der Waals surface area contributed by atoms with Crippen LogP contribution in [0.5, 0.6) is 0 Å². The highest BCUT2D eigenvalue weighted by atomic mass is 16.2. The van der Waals surface area contributed by atoms with Crippen molar-refractivity contribution in [1.29, 1.82) is 0 Å². The summed E-state index contributed by atoms with van der Waals surface area (Å²) in [5.74, 6) is 0.149. The van der Waals surface area contributed by atoms with E-state index in [-0.39, 0.29) is 11.4 Å². The molecule has 1 saturated heterocycles. The van der Waals surface area contributed by atoms with Gasteiger partial charge in [-0.3, -0.25) is 4.79 Å². The molecule has 2 N–H and O–H groups in total. The molecule has 1 rings (SSSR count). The van der Waals surface area contributed by atoms with Crippen molar-refractivity contribution in [3.8, 4) is 0 Å². The third kappa shape index (κ3) is 2.25. The molecule has 0 aromatic rings. The van der Waals surface area contributed by atoms with Crippen LogP contribution in [0.2, 0.25) is 0 Å². The molecule has 0 spiro atoms. The van der Waals surface area contributed by atoms with E-state index < -0.39 is 0 Å². The number of carbonyl (C=O) groups is 1. The number of nitrogens with one attached hydrogen (secondary N) is 2. The van der Waals surface area contributed by atoms with Gasteiger partial charge in [0.25, 0.3) is 0 Å². The number of carbonyl (C=O) groups excluding carboxylic acids is 1. The minimum Gasteiger partial charge on any atom is -0.355 e. The monoisotopic (exact) mass is 199 g/mol. The first-order valence-electron chi connectivity index (χ1n) is 5.30. The fourth-order valence-electron chi connectivity index (χ4n) is 1.92. The summed E-state index contributed by atoms with van der Waals surface area (Å²) in [6.07, 6.45) is 1.79. The molecule has 0 aliphatic carbocycles. The lowest BCUT2D eigenvalue weighted by molar-refractivity contribution is -0.129.